The molecular weight excluding hydrogens is 631 g/mol. The van der Waals surface area contributed by atoms with Crippen LogP contribution in [0.2, 0.25) is 0 Å². The van der Waals surface area contributed by atoms with E-state index < -0.39 is 16.6 Å². The van der Waals surface area contributed by atoms with Crippen molar-refractivity contribution in [3.8, 4) is 11.5 Å². The van der Waals surface area contributed by atoms with Crippen LogP contribution in [0.3, 0.4) is 0 Å². The monoisotopic (exact) mass is 675 g/mol. The third-order valence-electron chi connectivity index (χ3n) is 12.8. The number of nitrogens with zero attached hydrogens (tertiary/aromatic N) is 1. The van der Waals surface area contributed by atoms with E-state index in [1.54, 1.807) is 0 Å². The van der Waals surface area contributed by atoms with Crippen molar-refractivity contribution in [2.75, 3.05) is 13.1 Å². The summed E-state index contributed by atoms with van der Waals surface area (Å²) >= 11 is 0. The first-order valence-electron chi connectivity index (χ1n) is 18.9. The second-order valence-electron chi connectivity index (χ2n) is 15.5. The molecule has 0 aromatic heterocycles. The van der Waals surface area contributed by atoms with Crippen molar-refractivity contribution < 1.29 is 19.3 Å². The molecule has 2 heterocycles. The molecule has 2 bridgehead atoms. The van der Waals surface area contributed by atoms with Crippen molar-refractivity contribution in [2.24, 2.45) is 5.92 Å². The zero-order chi connectivity index (χ0) is 34.0. The van der Waals surface area contributed by atoms with Crippen LogP contribution >= 0.6 is 0 Å². The van der Waals surface area contributed by atoms with Gasteiger partial charge in [-0.1, -0.05) is 127 Å². The van der Waals surface area contributed by atoms with Gasteiger partial charge in [0.25, 0.3) is 0 Å². The Morgan fingerprint density at radius 1 is 0.725 bits per heavy atom. The number of hydrogen-bond donors (Lipinski definition) is 1. The predicted molar refractivity (Wildman–Crippen MR) is 198 cm³/mol. The Morgan fingerprint density at radius 3 is 1.94 bits per heavy atom. The van der Waals surface area contributed by atoms with E-state index in [9.17, 15) is 5.11 Å². The van der Waals surface area contributed by atoms with E-state index >= 15 is 0 Å². The molecule has 10 rings (SSSR count). The van der Waals surface area contributed by atoms with E-state index in [-0.39, 0.29) is 18.2 Å². The van der Waals surface area contributed by atoms with Gasteiger partial charge in [-0.15, -0.1) is 0 Å². The Balaban J connectivity index is 1.13. The molecule has 0 radical (unpaired) electrons. The van der Waals surface area contributed by atoms with Gasteiger partial charge in [0, 0.05) is 34.8 Å². The normalized spacial score (nSPS) is 27.7. The van der Waals surface area contributed by atoms with Gasteiger partial charge in [-0.05, 0) is 68.2 Å². The molecule has 5 aromatic rings. The summed E-state index contributed by atoms with van der Waals surface area (Å²) in [4.78, 5) is 2.63. The van der Waals surface area contributed by atoms with Crippen molar-refractivity contribution in [3.63, 3.8) is 0 Å². The number of piperidine rings is 1. The Hall–Kier alpha value is -4.42. The van der Waals surface area contributed by atoms with Crippen molar-refractivity contribution in [2.45, 2.75) is 80.0 Å². The molecule has 3 fully saturated rings. The van der Waals surface area contributed by atoms with Crippen LogP contribution in [0.25, 0.3) is 0 Å². The van der Waals surface area contributed by atoms with Crippen LogP contribution in [0, 0.1) is 5.92 Å². The molecule has 3 aliphatic carbocycles. The van der Waals surface area contributed by atoms with Gasteiger partial charge in [-0.25, -0.2) is 0 Å². The standard InChI is InChI=1S/C46H45NO4/c48-45-26-25-39(49-31-33-13-5-1-6-14-33)43-44(45)27-28-47(30-32-21-22-32)40(45)29-34-23-24-38(42(50-43)41(34)44)51-46(35-15-7-2-8-16-35,36-17-9-3-10-18-36)37-19-11-4-12-20-37/h1-20,23-24,32,39-40,43,48H,21-22,25-31H2/t39-,40-,43+,44+,45-/m1/s1. The molecule has 5 aromatic carbocycles. The second-order valence-corrected chi connectivity index (χ2v) is 15.5. The summed E-state index contributed by atoms with van der Waals surface area (Å²) in [7, 11) is 0. The average Bonchev–Trinajstić information content (AvgIpc) is 3.93. The lowest BCUT2D eigenvalue weighted by atomic mass is 9.48. The minimum atomic E-state index is -0.951. The molecule has 1 spiro atoms. The van der Waals surface area contributed by atoms with Crippen molar-refractivity contribution in [3.05, 3.63) is 167 Å². The lowest BCUT2D eigenvalue weighted by Gasteiger charge is -2.64. The fourth-order valence-electron chi connectivity index (χ4n) is 10.3. The molecule has 258 valence electrons. The van der Waals surface area contributed by atoms with Crippen molar-refractivity contribution in [1.29, 1.82) is 0 Å². The van der Waals surface area contributed by atoms with Gasteiger partial charge in [0.2, 0.25) is 0 Å². The minimum Gasteiger partial charge on any atom is -0.482 e. The first-order chi connectivity index (χ1) is 25.1. The van der Waals surface area contributed by atoms with Crippen LogP contribution < -0.4 is 9.47 Å². The highest BCUT2D eigenvalue weighted by atomic mass is 16.6. The maximum Gasteiger partial charge on any atom is 0.184 e. The molecule has 51 heavy (non-hydrogen) atoms. The molecule has 2 aliphatic heterocycles. The Morgan fingerprint density at radius 2 is 1.33 bits per heavy atom. The van der Waals surface area contributed by atoms with Gasteiger partial charge in [-0.3, -0.25) is 4.90 Å². The van der Waals surface area contributed by atoms with E-state index in [0.717, 1.165) is 71.8 Å². The summed E-state index contributed by atoms with van der Waals surface area (Å²) in [6.45, 7) is 2.56. The molecular formula is C46H45NO4. The first kappa shape index (κ1) is 31.3. The van der Waals surface area contributed by atoms with Gasteiger partial charge in [-0.2, -0.15) is 0 Å². The quantitative estimate of drug-likeness (QED) is 0.151. The number of hydrogen-bond acceptors (Lipinski definition) is 5. The summed E-state index contributed by atoms with van der Waals surface area (Å²) in [6.07, 6.45) is 5.25. The molecule has 5 aliphatic rings. The fourth-order valence-corrected chi connectivity index (χ4v) is 10.3. The van der Waals surface area contributed by atoms with E-state index in [0.29, 0.717) is 18.8 Å². The maximum absolute atomic E-state index is 13.3. The van der Waals surface area contributed by atoms with Crippen LogP contribution in [0.1, 0.15) is 65.5 Å². The zero-order valence-corrected chi connectivity index (χ0v) is 29.0. The molecule has 1 N–H and O–H groups in total. The van der Waals surface area contributed by atoms with Gasteiger partial charge in [0.05, 0.1) is 23.7 Å². The van der Waals surface area contributed by atoms with Gasteiger partial charge < -0.3 is 19.3 Å². The van der Waals surface area contributed by atoms with Crippen molar-refractivity contribution >= 4 is 0 Å². The topological polar surface area (TPSA) is 51.2 Å². The van der Waals surface area contributed by atoms with Gasteiger partial charge in [0.1, 0.15) is 6.10 Å². The third kappa shape index (κ3) is 4.78. The van der Waals surface area contributed by atoms with Crippen LogP contribution in [0.5, 0.6) is 11.5 Å². The Labute approximate surface area is 300 Å². The summed E-state index contributed by atoms with van der Waals surface area (Å²) in [5, 5.41) is 13.3. The number of likely N-dealkylation sites (tertiary alicyclic amines) is 1. The molecule has 5 atom stereocenters. The Bertz CT molecular complexity index is 1920. The van der Waals surface area contributed by atoms with Gasteiger partial charge in [0.15, 0.2) is 17.1 Å². The molecule has 2 saturated carbocycles. The van der Waals surface area contributed by atoms with Gasteiger partial charge >= 0.3 is 0 Å². The van der Waals surface area contributed by atoms with Crippen LogP contribution in [-0.2, 0) is 28.8 Å². The van der Waals surface area contributed by atoms with Crippen LogP contribution in [0.4, 0.5) is 0 Å². The van der Waals surface area contributed by atoms with Crippen molar-refractivity contribution in [1.82, 2.24) is 4.90 Å². The summed E-state index contributed by atoms with van der Waals surface area (Å²) < 4.78 is 21.7. The highest BCUT2D eigenvalue weighted by Gasteiger charge is 2.73. The lowest BCUT2D eigenvalue weighted by Crippen LogP contribution is -2.77. The highest BCUT2D eigenvalue weighted by molar-refractivity contribution is 5.64. The SMILES string of the molecule is O[C@@]12CC[C@@H](OCc3ccccc3)[C@@H]3Oc4c(OC(c5ccccc5)(c5ccccc5)c5ccccc5)ccc5c4[C@@]31CCN(CC1CC1)[C@@H]2C5. The van der Waals surface area contributed by atoms with E-state index in [2.05, 4.69) is 132 Å². The lowest BCUT2D eigenvalue weighted by molar-refractivity contribution is -0.217. The molecule has 0 amide bonds. The average molecular weight is 676 g/mol. The summed E-state index contributed by atoms with van der Waals surface area (Å²) in [6, 6.07) is 46.5. The number of rotatable bonds is 10. The highest BCUT2D eigenvalue weighted by Crippen LogP contribution is 2.66. The molecule has 5 heteroatoms. The Kier molecular flexibility index (Phi) is 7.42. The second kappa shape index (κ2) is 12.1. The van der Waals surface area contributed by atoms with E-state index in [4.69, 9.17) is 14.2 Å². The smallest absolute Gasteiger partial charge is 0.184 e. The number of aliphatic hydroxyl groups is 1. The van der Waals surface area contributed by atoms with E-state index in [1.165, 1.54) is 18.4 Å². The van der Waals surface area contributed by atoms with Crippen LogP contribution in [-0.4, -0.2) is 46.9 Å². The minimum absolute atomic E-state index is 0.0651. The molecule has 5 nitrogen and oxygen atoms in total. The third-order valence-corrected chi connectivity index (χ3v) is 12.8. The first-order valence-corrected chi connectivity index (χ1v) is 18.9. The molecule has 1 saturated heterocycles. The zero-order valence-electron chi connectivity index (χ0n) is 29.0. The van der Waals surface area contributed by atoms with E-state index in [1.807, 2.05) is 6.07 Å². The fraction of sp³-hybridized carbons (Fsp3) is 0.348. The summed E-state index contributed by atoms with van der Waals surface area (Å²) in [5.74, 6) is 2.25. The predicted octanol–water partition coefficient (Wildman–Crippen LogP) is 8.21. The maximum atomic E-state index is 13.3. The number of benzene rings is 5. The summed E-state index contributed by atoms with van der Waals surface area (Å²) in [5.41, 5.74) is 4.26. The largest absolute Gasteiger partial charge is 0.482 e. The number of ether oxygens (including phenoxy) is 3. The molecule has 0 unspecified atom stereocenters. The van der Waals surface area contributed by atoms with Crippen LogP contribution in [0.15, 0.2) is 133 Å².